The lowest BCUT2D eigenvalue weighted by Gasteiger charge is -2.12. The van der Waals surface area contributed by atoms with E-state index in [2.05, 4.69) is 28.8 Å². The largest absolute Gasteiger partial charge is 0.507 e. The molecule has 2 N–H and O–H groups in total. The lowest BCUT2D eigenvalue weighted by molar-refractivity contribution is 0.303. The Kier molecular flexibility index (Phi) is 10.7. The predicted octanol–water partition coefficient (Wildman–Crippen LogP) is 8.20. The van der Waals surface area contributed by atoms with E-state index in [0.29, 0.717) is 53.3 Å². The van der Waals surface area contributed by atoms with Crippen LogP contribution in [0.25, 0.3) is 34.2 Å². The van der Waals surface area contributed by atoms with Gasteiger partial charge in [0.2, 0.25) is 0 Å². The molecule has 0 saturated heterocycles. The van der Waals surface area contributed by atoms with Gasteiger partial charge in [0.1, 0.15) is 23.0 Å². The fraction of sp³-hybridized carbons (Fsp3) is 0.364. The molecule has 7 heteroatoms. The van der Waals surface area contributed by atoms with Crippen LogP contribution in [0, 0.1) is 0 Å². The fourth-order valence-electron chi connectivity index (χ4n) is 4.35. The number of aromatic nitrogens is 3. The van der Waals surface area contributed by atoms with Crippen LogP contribution in [0.3, 0.4) is 0 Å². The number of rotatable bonds is 15. The number of hydrogen-bond acceptors (Lipinski definition) is 7. The Bertz CT molecular complexity index is 1280. The highest BCUT2D eigenvalue weighted by molar-refractivity contribution is 5.72. The minimum atomic E-state index is 0.0123. The number of benzene rings is 3. The Morgan fingerprint density at radius 2 is 1.02 bits per heavy atom. The molecule has 4 aromatic rings. The number of phenolic OH excluding ortho intramolecular Hbond substituents is 2. The molecule has 0 fully saturated rings. The van der Waals surface area contributed by atoms with Gasteiger partial charge in [0.05, 0.1) is 24.3 Å². The second-order valence-electron chi connectivity index (χ2n) is 9.85. The van der Waals surface area contributed by atoms with Gasteiger partial charge in [0.25, 0.3) is 0 Å². The van der Waals surface area contributed by atoms with Gasteiger partial charge in [-0.25, -0.2) is 15.0 Å². The van der Waals surface area contributed by atoms with E-state index in [-0.39, 0.29) is 11.5 Å². The zero-order valence-electron chi connectivity index (χ0n) is 23.5. The highest BCUT2D eigenvalue weighted by Gasteiger charge is 2.17. The Hall–Kier alpha value is -4.13. The van der Waals surface area contributed by atoms with Crippen molar-refractivity contribution < 1.29 is 19.7 Å². The minimum Gasteiger partial charge on any atom is -0.507 e. The quantitative estimate of drug-likeness (QED) is 0.146. The number of unbranched alkanes of at least 4 members (excludes halogenated alkanes) is 6. The highest BCUT2D eigenvalue weighted by atomic mass is 16.5. The summed E-state index contributed by atoms with van der Waals surface area (Å²) < 4.78 is 11.7. The smallest absolute Gasteiger partial charge is 0.167 e. The Morgan fingerprint density at radius 1 is 0.550 bits per heavy atom. The molecule has 7 nitrogen and oxygen atoms in total. The molecule has 0 bridgehead atoms. The van der Waals surface area contributed by atoms with E-state index < -0.39 is 0 Å². The summed E-state index contributed by atoms with van der Waals surface area (Å²) in [5, 5.41) is 21.8. The summed E-state index contributed by atoms with van der Waals surface area (Å²) >= 11 is 0. The molecule has 0 unspecified atom stereocenters. The summed E-state index contributed by atoms with van der Waals surface area (Å²) in [5.41, 5.74) is 1.70. The van der Waals surface area contributed by atoms with E-state index in [1.165, 1.54) is 25.7 Å². The SMILES string of the molecule is CCCCCCOc1ccc(-c2nc(-c3ccccc3)nc(-c3ccc(OCCCCCC)cc3O)n2)c(O)c1. The van der Waals surface area contributed by atoms with Crippen LogP contribution >= 0.6 is 0 Å². The molecule has 0 amide bonds. The van der Waals surface area contributed by atoms with Crippen molar-refractivity contribution in [3.05, 3.63) is 66.7 Å². The summed E-state index contributed by atoms with van der Waals surface area (Å²) in [6.07, 6.45) is 8.89. The monoisotopic (exact) mass is 541 g/mol. The zero-order valence-corrected chi connectivity index (χ0v) is 23.5. The standard InChI is InChI=1S/C33H39N3O4/c1-3-5-7-12-20-39-25-16-18-27(29(37)22-25)32-34-31(24-14-10-9-11-15-24)35-33(36-32)28-19-17-26(23-30(28)38)40-21-13-8-6-4-2/h9-11,14-19,22-23,37-38H,3-8,12-13,20-21H2,1-2H3. The van der Waals surface area contributed by atoms with E-state index in [4.69, 9.17) is 9.47 Å². The van der Waals surface area contributed by atoms with E-state index in [1.807, 2.05) is 42.5 Å². The molecule has 40 heavy (non-hydrogen) atoms. The molecule has 1 aromatic heterocycles. The molecule has 0 saturated carbocycles. The second-order valence-corrected chi connectivity index (χ2v) is 9.85. The molecule has 4 rings (SSSR count). The van der Waals surface area contributed by atoms with Gasteiger partial charge in [-0.1, -0.05) is 82.7 Å². The Morgan fingerprint density at radius 3 is 1.48 bits per heavy atom. The predicted molar refractivity (Wildman–Crippen MR) is 159 cm³/mol. The van der Waals surface area contributed by atoms with Crippen LogP contribution in [-0.4, -0.2) is 38.4 Å². The van der Waals surface area contributed by atoms with Crippen LogP contribution < -0.4 is 9.47 Å². The fourth-order valence-corrected chi connectivity index (χ4v) is 4.35. The number of nitrogens with zero attached hydrogens (tertiary/aromatic N) is 3. The average molecular weight is 542 g/mol. The normalized spacial score (nSPS) is 10.9. The highest BCUT2D eigenvalue weighted by Crippen LogP contribution is 2.35. The first kappa shape index (κ1) is 28.9. The molecule has 3 aromatic carbocycles. The maximum absolute atomic E-state index is 10.9. The van der Waals surface area contributed by atoms with Gasteiger partial charge in [-0.05, 0) is 37.1 Å². The van der Waals surface area contributed by atoms with Crippen LogP contribution in [0.2, 0.25) is 0 Å². The summed E-state index contributed by atoms with van der Waals surface area (Å²) in [6, 6.07) is 19.9. The van der Waals surface area contributed by atoms with Crippen LogP contribution in [0.5, 0.6) is 23.0 Å². The van der Waals surface area contributed by atoms with Gasteiger partial charge in [-0.2, -0.15) is 0 Å². The molecule has 0 spiro atoms. The van der Waals surface area contributed by atoms with E-state index in [0.717, 1.165) is 31.2 Å². The van der Waals surface area contributed by atoms with E-state index >= 15 is 0 Å². The third-order valence-electron chi connectivity index (χ3n) is 6.62. The zero-order chi connectivity index (χ0) is 28.2. The van der Waals surface area contributed by atoms with Crippen LogP contribution in [0.1, 0.15) is 65.2 Å². The molecule has 210 valence electrons. The lowest BCUT2D eigenvalue weighted by atomic mass is 10.1. The van der Waals surface area contributed by atoms with E-state index in [9.17, 15) is 10.2 Å². The lowest BCUT2D eigenvalue weighted by Crippen LogP contribution is -2.01. The third-order valence-corrected chi connectivity index (χ3v) is 6.62. The molecule has 1 heterocycles. The third kappa shape index (κ3) is 7.94. The molecular formula is C33H39N3O4. The van der Waals surface area contributed by atoms with Gasteiger partial charge in [0, 0.05) is 17.7 Å². The molecule has 0 radical (unpaired) electrons. The van der Waals surface area contributed by atoms with Crippen LogP contribution in [-0.2, 0) is 0 Å². The first-order valence-electron chi connectivity index (χ1n) is 14.3. The van der Waals surface area contributed by atoms with Gasteiger partial charge >= 0.3 is 0 Å². The first-order chi connectivity index (χ1) is 19.6. The van der Waals surface area contributed by atoms with Crippen molar-refractivity contribution in [2.45, 2.75) is 65.2 Å². The van der Waals surface area contributed by atoms with Crippen molar-refractivity contribution in [3.63, 3.8) is 0 Å². The van der Waals surface area contributed by atoms with Crippen molar-refractivity contribution in [1.82, 2.24) is 15.0 Å². The topological polar surface area (TPSA) is 97.6 Å². The molecule has 0 atom stereocenters. The van der Waals surface area contributed by atoms with Gasteiger partial charge in [0.15, 0.2) is 17.5 Å². The second kappa shape index (κ2) is 14.9. The number of phenols is 2. The van der Waals surface area contributed by atoms with Gasteiger partial charge < -0.3 is 19.7 Å². The molecule has 0 aliphatic rings. The van der Waals surface area contributed by atoms with Gasteiger partial charge in [-0.3, -0.25) is 0 Å². The maximum Gasteiger partial charge on any atom is 0.167 e. The van der Waals surface area contributed by atoms with Crippen LogP contribution in [0.4, 0.5) is 0 Å². The summed E-state index contributed by atoms with van der Waals surface area (Å²) in [6.45, 7) is 5.55. The van der Waals surface area contributed by atoms with Crippen LogP contribution in [0.15, 0.2) is 66.7 Å². The molecular weight excluding hydrogens is 502 g/mol. The molecule has 0 aliphatic heterocycles. The Balaban J connectivity index is 1.61. The van der Waals surface area contributed by atoms with Crippen molar-refractivity contribution in [2.75, 3.05) is 13.2 Å². The number of hydrogen-bond donors (Lipinski definition) is 2. The number of ether oxygens (including phenoxy) is 2. The summed E-state index contributed by atoms with van der Waals surface area (Å²) in [7, 11) is 0. The molecule has 0 aliphatic carbocycles. The maximum atomic E-state index is 10.9. The summed E-state index contributed by atoms with van der Waals surface area (Å²) in [5.74, 6) is 2.25. The minimum absolute atomic E-state index is 0.0123. The van der Waals surface area contributed by atoms with Crippen molar-refractivity contribution in [1.29, 1.82) is 0 Å². The van der Waals surface area contributed by atoms with Gasteiger partial charge in [-0.15, -0.1) is 0 Å². The first-order valence-corrected chi connectivity index (χ1v) is 14.3. The summed E-state index contributed by atoms with van der Waals surface area (Å²) in [4.78, 5) is 14.0. The van der Waals surface area contributed by atoms with Crippen molar-refractivity contribution >= 4 is 0 Å². The van der Waals surface area contributed by atoms with E-state index in [1.54, 1.807) is 24.3 Å². The number of aromatic hydroxyl groups is 2. The van der Waals surface area contributed by atoms with Crippen molar-refractivity contribution in [3.8, 4) is 57.2 Å². The van der Waals surface area contributed by atoms with Crippen molar-refractivity contribution in [2.24, 2.45) is 0 Å². The average Bonchev–Trinajstić information content (AvgIpc) is 2.97. The Labute approximate surface area is 236 Å².